The van der Waals surface area contributed by atoms with Crippen molar-refractivity contribution in [3.63, 3.8) is 0 Å². The minimum absolute atomic E-state index is 0.304. The van der Waals surface area contributed by atoms with Crippen molar-refractivity contribution in [1.29, 1.82) is 0 Å². The van der Waals surface area contributed by atoms with Gasteiger partial charge in [-0.15, -0.1) is 11.3 Å². The van der Waals surface area contributed by atoms with Crippen LogP contribution in [0.15, 0.2) is 11.6 Å². The molecule has 0 fully saturated rings. The summed E-state index contributed by atoms with van der Waals surface area (Å²) < 4.78 is 0. The van der Waals surface area contributed by atoms with Crippen molar-refractivity contribution in [1.82, 2.24) is 0 Å². The van der Waals surface area contributed by atoms with Crippen molar-refractivity contribution in [3.8, 4) is 0 Å². The molecule has 0 unspecified atom stereocenters. The molecule has 2 heteroatoms. The van der Waals surface area contributed by atoms with Crippen molar-refractivity contribution < 1.29 is 4.79 Å². The molecule has 0 spiro atoms. The van der Waals surface area contributed by atoms with E-state index in [1.165, 1.54) is 15.3 Å². The first-order chi connectivity index (χ1) is 7.11. The molecule has 0 saturated carbocycles. The Morgan fingerprint density at radius 1 is 1.47 bits per heavy atom. The van der Waals surface area contributed by atoms with E-state index >= 15 is 0 Å². The van der Waals surface area contributed by atoms with Crippen molar-refractivity contribution in [2.24, 2.45) is 0 Å². The minimum Gasteiger partial charge on any atom is -0.294 e. The van der Waals surface area contributed by atoms with Crippen molar-refractivity contribution in [3.05, 3.63) is 27.0 Å². The summed E-state index contributed by atoms with van der Waals surface area (Å²) in [7, 11) is 0. The average molecular weight is 220 g/mol. The van der Waals surface area contributed by atoms with Gasteiger partial charge in [-0.3, -0.25) is 4.79 Å². The lowest BCUT2D eigenvalue weighted by molar-refractivity contribution is -0.115. The maximum Gasteiger partial charge on any atom is 0.163 e. The minimum atomic E-state index is 0.304. The summed E-state index contributed by atoms with van der Waals surface area (Å²) in [5.74, 6) is 0.868. The molecule has 0 N–H and O–H groups in total. The lowest BCUT2D eigenvalue weighted by Crippen LogP contribution is -2.09. The molecule has 1 aliphatic carbocycles. The smallest absolute Gasteiger partial charge is 0.163 e. The van der Waals surface area contributed by atoms with Crippen LogP contribution in [-0.4, -0.2) is 5.78 Å². The van der Waals surface area contributed by atoms with Crippen LogP contribution in [0.1, 0.15) is 48.4 Å². The monoisotopic (exact) mass is 220 g/mol. The Hall–Kier alpha value is -0.890. The molecular formula is C13H16OS. The van der Waals surface area contributed by atoms with Gasteiger partial charge in [0.2, 0.25) is 0 Å². The predicted octanol–water partition coefficient (Wildman–Crippen LogP) is 3.79. The highest BCUT2D eigenvalue weighted by Crippen LogP contribution is 2.34. The lowest BCUT2D eigenvalue weighted by Gasteiger charge is -2.09. The van der Waals surface area contributed by atoms with E-state index in [2.05, 4.69) is 26.0 Å². The van der Waals surface area contributed by atoms with Crippen LogP contribution >= 0.6 is 11.3 Å². The molecule has 1 heterocycles. The second kappa shape index (κ2) is 3.93. The zero-order valence-electron chi connectivity index (χ0n) is 9.46. The molecule has 0 saturated heterocycles. The number of hydrogen-bond donors (Lipinski definition) is 0. The summed E-state index contributed by atoms with van der Waals surface area (Å²) in [5.41, 5.74) is 2.21. The van der Waals surface area contributed by atoms with E-state index in [1.807, 2.05) is 18.3 Å². The highest BCUT2D eigenvalue weighted by Gasteiger charge is 2.20. The third kappa shape index (κ3) is 1.91. The fourth-order valence-electron chi connectivity index (χ4n) is 1.83. The SMILES string of the molecule is CCC1=Cc2sc(C(C)C)cc2CC1=O. The van der Waals surface area contributed by atoms with Gasteiger partial charge in [-0.05, 0) is 35.6 Å². The van der Waals surface area contributed by atoms with Crippen LogP contribution in [0, 0.1) is 0 Å². The zero-order valence-corrected chi connectivity index (χ0v) is 10.3. The molecule has 1 nitrogen and oxygen atoms in total. The zero-order chi connectivity index (χ0) is 11.0. The van der Waals surface area contributed by atoms with Gasteiger partial charge in [0.15, 0.2) is 5.78 Å². The molecule has 0 aliphatic heterocycles. The average Bonchev–Trinajstić information content (AvgIpc) is 2.59. The van der Waals surface area contributed by atoms with Crippen LogP contribution in [0.25, 0.3) is 6.08 Å². The van der Waals surface area contributed by atoms with E-state index in [0.717, 1.165) is 12.0 Å². The maximum atomic E-state index is 11.7. The summed E-state index contributed by atoms with van der Waals surface area (Å²) in [4.78, 5) is 14.4. The van der Waals surface area contributed by atoms with Crippen LogP contribution in [0.3, 0.4) is 0 Å². The molecule has 0 aromatic carbocycles. The summed E-state index contributed by atoms with van der Waals surface area (Å²) in [5, 5.41) is 0. The number of thiophene rings is 1. The molecule has 1 aromatic rings. The Morgan fingerprint density at radius 3 is 2.80 bits per heavy atom. The van der Waals surface area contributed by atoms with Crippen LogP contribution in [0.5, 0.6) is 0 Å². The molecule has 0 radical (unpaired) electrons. The third-order valence-corrected chi connectivity index (χ3v) is 4.25. The Labute approximate surface area is 94.8 Å². The Kier molecular flexibility index (Phi) is 2.79. The van der Waals surface area contributed by atoms with Crippen molar-refractivity contribution in [2.75, 3.05) is 0 Å². The van der Waals surface area contributed by atoms with E-state index < -0.39 is 0 Å². The third-order valence-electron chi connectivity index (χ3n) is 2.83. The number of ketones is 1. The summed E-state index contributed by atoms with van der Waals surface area (Å²) in [6.07, 6.45) is 3.54. The highest BCUT2D eigenvalue weighted by molar-refractivity contribution is 7.13. The number of Topliss-reactive ketones (excluding diaryl/α,β-unsaturated/α-hetero) is 1. The molecular weight excluding hydrogens is 204 g/mol. The molecule has 1 aromatic heterocycles. The van der Waals surface area contributed by atoms with Gasteiger partial charge in [0.25, 0.3) is 0 Å². The van der Waals surface area contributed by atoms with Crippen LogP contribution in [0.4, 0.5) is 0 Å². The van der Waals surface area contributed by atoms with Gasteiger partial charge in [-0.2, -0.15) is 0 Å². The second-order valence-corrected chi connectivity index (χ2v) is 5.43. The molecule has 0 atom stereocenters. The van der Waals surface area contributed by atoms with E-state index in [9.17, 15) is 4.79 Å². The first-order valence-electron chi connectivity index (χ1n) is 5.48. The van der Waals surface area contributed by atoms with Gasteiger partial charge >= 0.3 is 0 Å². The molecule has 80 valence electrons. The van der Waals surface area contributed by atoms with E-state index in [-0.39, 0.29) is 0 Å². The first kappa shape index (κ1) is 10.6. The number of carbonyl (C=O) groups is 1. The molecule has 0 amide bonds. The highest BCUT2D eigenvalue weighted by atomic mass is 32.1. The lowest BCUT2D eigenvalue weighted by atomic mass is 9.95. The summed E-state index contributed by atoms with van der Waals surface area (Å²) in [6.45, 7) is 6.44. The molecule has 0 bridgehead atoms. The van der Waals surface area contributed by atoms with Gasteiger partial charge in [0, 0.05) is 16.2 Å². The van der Waals surface area contributed by atoms with E-state index in [0.29, 0.717) is 18.1 Å². The largest absolute Gasteiger partial charge is 0.294 e. The van der Waals surface area contributed by atoms with Gasteiger partial charge in [-0.25, -0.2) is 0 Å². The molecule has 1 aliphatic rings. The number of fused-ring (bicyclic) bond motifs is 1. The van der Waals surface area contributed by atoms with Crippen molar-refractivity contribution in [2.45, 2.75) is 39.5 Å². The van der Waals surface area contributed by atoms with Gasteiger partial charge in [0.05, 0.1) is 0 Å². The standard InChI is InChI=1S/C13H16OS/c1-4-9-6-13-10(5-11(9)14)7-12(15-13)8(2)3/h6-8H,4-5H2,1-3H3. The van der Waals surface area contributed by atoms with E-state index in [4.69, 9.17) is 0 Å². The van der Waals surface area contributed by atoms with Crippen LogP contribution in [0.2, 0.25) is 0 Å². The van der Waals surface area contributed by atoms with E-state index in [1.54, 1.807) is 0 Å². The molecule has 2 rings (SSSR count). The summed E-state index contributed by atoms with van der Waals surface area (Å²) in [6, 6.07) is 2.20. The quantitative estimate of drug-likeness (QED) is 0.741. The normalized spacial score (nSPS) is 15.5. The Bertz CT molecular complexity index is 424. The Balaban J connectivity index is 2.42. The van der Waals surface area contributed by atoms with Crippen LogP contribution < -0.4 is 0 Å². The van der Waals surface area contributed by atoms with Gasteiger partial charge in [0.1, 0.15) is 0 Å². The summed E-state index contributed by atoms with van der Waals surface area (Å²) >= 11 is 1.84. The number of carbonyl (C=O) groups excluding carboxylic acids is 1. The first-order valence-corrected chi connectivity index (χ1v) is 6.29. The number of allylic oxidation sites excluding steroid dienone is 1. The number of rotatable bonds is 2. The van der Waals surface area contributed by atoms with Crippen molar-refractivity contribution >= 4 is 23.2 Å². The fraction of sp³-hybridized carbons (Fsp3) is 0.462. The van der Waals surface area contributed by atoms with Crippen LogP contribution in [-0.2, 0) is 11.2 Å². The van der Waals surface area contributed by atoms with Gasteiger partial charge < -0.3 is 0 Å². The predicted molar refractivity (Wildman–Crippen MR) is 65.4 cm³/mol. The molecule has 15 heavy (non-hydrogen) atoms. The number of hydrogen-bond acceptors (Lipinski definition) is 2. The second-order valence-electron chi connectivity index (χ2n) is 4.32. The maximum absolute atomic E-state index is 11.7. The topological polar surface area (TPSA) is 17.1 Å². The fourth-order valence-corrected chi connectivity index (χ4v) is 2.99. The van der Waals surface area contributed by atoms with Gasteiger partial charge in [-0.1, -0.05) is 20.8 Å². The Morgan fingerprint density at radius 2 is 2.20 bits per heavy atom.